The third-order valence-corrected chi connectivity index (χ3v) is 15.5. The first kappa shape index (κ1) is 36.9. The van der Waals surface area contributed by atoms with E-state index in [0.717, 1.165) is 89.9 Å². The highest BCUT2D eigenvalue weighted by Crippen LogP contribution is 2.68. The van der Waals surface area contributed by atoms with Crippen LogP contribution in [0.5, 0.6) is 0 Å². The quantitative estimate of drug-likeness (QED) is 0.151. The number of fused-ring (bicyclic) bond motifs is 6. The number of nitrogens with zero attached hydrogens (tertiary/aromatic N) is 3. The van der Waals surface area contributed by atoms with E-state index in [9.17, 15) is 0 Å². The molecule has 61 heavy (non-hydrogen) atoms. The zero-order chi connectivity index (χ0) is 40.9. The fourth-order valence-electron chi connectivity index (χ4n) is 9.35. The van der Waals surface area contributed by atoms with E-state index in [4.69, 9.17) is 9.98 Å². The predicted octanol–water partition coefficient (Wildman–Crippen LogP) is 13.3. The maximum Gasteiger partial charge on any atom is 0.172 e. The van der Waals surface area contributed by atoms with Crippen molar-refractivity contribution in [1.29, 1.82) is 0 Å². The number of aryl methyl sites for hydroxylation is 1. The Bertz CT molecular complexity index is 3110. The monoisotopic (exact) mass is 803 g/mol. The van der Waals surface area contributed by atoms with Gasteiger partial charge in [0.25, 0.3) is 0 Å². The topological polar surface area (TPSA) is 45.0 Å². The number of aliphatic imine (C=N–C) groups is 2. The second kappa shape index (κ2) is 15.2. The summed E-state index contributed by atoms with van der Waals surface area (Å²) in [4.78, 5) is 12.8. The molecule has 0 saturated carbocycles. The lowest BCUT2D eigenvalue weighted by Gasteiger charge is -2.29. The third kappa shape index (κ3) is 6.26. The Morgan fingerprint density at radius 3 is 1.87 bits per heavy atom. The first-order valence-electron chi connectivity index (χ1n) is 21.1. The van der Waals surface area contributed by atoms with Crippen LogP contribution in [-0.4, -0.2) is 11.5 Å². The molecule has 0 aliphatic carbocycles. The summed E-state index contributed by atoms with van der Waals surface area (Å²) >= 11 is 0. The molecule has 5 heteroatoms. The second-order valence-electron chi connectivity index (χ2n) is 15.9. The van der Waals surface area contributed by atoms with E-state index >= 15 is 4.57 Å². The maximum atomic E-state index is 16.3. The van der Waals surface area contributed by atoms with E-state index in [-0.39, 0.29) is 6.04 Å². The Hall–Kier alpha value is -7.13. The van der Waals surface area contributed by atoms with E-state index in [1.54, 1.807) is 0 Å². The second-order valence-corrected chi connectivity index (χ2v) is 18.5. The molecule has 2 atom stereocenters. The lowest BCUT2D eigenvalue weighted by molar-refractivity contribution is 0.593. The van der Waals surface area contributed by atoms with Crippen LogP contribution >= 0.6 is 7.14 Å². The van der Waals surface area contributed by atoms with Crippen LogP contribution in [0.15, 0.2) is 216 Å². The lowest BCUT2D eigenvalue weighted by Crippen LogP contribution is -2.18. The summed E-state index contributed by atoms with van der Waals surface area (Å²) in [6.07, 6.45) is 1.56. The maximum absolute atomic E-state index is 16.3. The fourth-order valence-corrected chi connectivity index (χ4v) is 12.7. The van der Waals surface area contributed by atoms with Gasteiger partial charge in [-0.05, 0) is 70.1 Å². The van der Waals surface area contributed by atoms with Crippen LogP contribution in [0.25, 0.3) is 22.0 Å². The molecule has 2 unspecified atom stereocenters. The summed E-state index contributed by atoms with van der Waals surface area (Å²) in [5.74, 6) is 0.744. The number of amidine groups is 1. The van der Waals surface area contributed by atoms with Gasteiger partial charge in [-0.15, -0.1) is 0 Å². The largest absolute Gasteiger partial charge is 0.309 e. The fraction of sp³-hybridized carbons (Fsp3) is 0.0714. The summed E-state index contributed by atoms with van der Waals surface area (Å²) in [7, 11) is -3.30. The first-order chi connectivity index (χ1) is 30.1. The molecule has 0 fully saturated rings. The first-order valence-corrected chi connectivity index (χ1v) is 22.8. The van der Waals surface area contributed by atoms with Gasteiger partial charge in [0.15, 0.2) is 13.0 Å². The minimum Gasteiger partial charge on any atom is -0.309 e. The SMILES string of the molecule is CCc1cccc(P2(=O)C3=C(c4ccccc4N(c4ccc(C5CC(c6ccc(-c7ccccc7)cc6)=NC(c6ccccc6)=N5)cc4)c4ccccc43)c3ccccc32)c1. The van der Waals surface area contributed by atoms with Crippen LogP contribution in [0.1, 0.15) is 58.3 Å². The molecule has 292 valence electrons. The molecule has 0 bridgehead atoms. The third-order valence-electron chi connectivity index (χ3n) is 12.4. The molecule has 3 aliphatic rings. The zero-order valence-electron chi connectivity index (χ0n) is 33.8. The molecule has 0 saturated heterocycles. The van der Waals surface area contributed by atoms with E-state index in [2.05, 4.69) is 188 Å². The summed E-state index contributed by atoms with van der Waals surface area (Å²) in [6.45, 7) is 2.16. The summed E-state index contributed by atoms with van der Waals surface area (Å²) in [5.41, 5.74) is 15.0. The molecule has 0 amide bonds. The number of hydrogen-bond acceptors (Lipinski definition) is 4. The van der Waals surface area contributed by atoms with Crippen molar-refractivity contribution in [3.8, 4) is 11.1 Å². The van der Waals surface area contributed by atoms with Crippen LogP contribution < -0.4 is 15.5 Å². The van der Waals surface area contributed by atoms with E-state index in [1.807, 2.05) is 30.3 Å². The van der Waals surface area contributed by atoms with Crippen molar-refractivity contribution in [3.63, 3.8) is 0 Å². The summed E-state index contributed by atoms with van der Waals surface area (Å²) < 4.78 is 16.3. The summed E-state index contributed by atoms with van der Waals surface area (Å²) in [5, 5.41) is 2.71. The van der Waals surface area contributed by atoms with Gasteiger partial charge in [-0.1, -0.05) is 183 Å². The van der Waals surface area contributed by atoms with E-state index in [1.165, 1.54) is 16.7 Å². The molecule has 0 aromatic heterocycles. The minimum atomic E-state index is -3.30. The van der Waals surface area contributed by atoms with Gasteiger partial charge in [0, 0.05) is 50.3 Å². The smallest absolute Gasteiger partial charge is 0.172 e. The minimum absolute atomic E-state index is 0.124. The molecule has 0 N–H and O–H groups in total. The van der Waals surface area contributed by atoms with Crippen molar-refractivity contribution in [2.75, 3.05) is 4.90 Å². The zero-order valence-corrected chi connectivity index (χ0v) is 34.7. The number of hydrogen-bond donors (Lipinski definition) is 0. The van der Waals surface area contributed by atoms with Crippen LogP contribution in [-0.2, 0) is 11.0 Å². The highest BCUT2D eigenvalue weighted by Gasteiger charge is 2.46. The number of rotatable bonds is 7. The molecular weight excluding hydrogens is 762 g/mol. The van der Waals surface area contributed by atoms with Gasteiger partial charge in [-0.2, -0.15) is 0 Å². The molecule has 11 rings (SSSR count). The molecule has 8 aromatic carbocycles. The molecular formula is C56H42N3OP. The van der Waals surface area contributed by atoms with Gasteiger partial charge in [0.1, 0.15) is 0 Å². The van der Waals surface area contributed by atoms with E-state index in [0.29, 0.717) is 6.42 Å². The molecule has 8 aromatic rings. The highest BCUT2D eigenvalue weighted by atomic mass is 31.2. The number of benzene rings is 8. The molecule has 4 nitrogen and oxygen atoms in total. The molecule has 0 spiro atoms. The Labute approximate surface area is 357 Å². The van der Waals surface area contributed by atoms with Gasteiger partial charge in [0.05, 0.1) is 23.1 Å². The molecule has 0 radical (unpaired) electrons. The van der Waals surface area contributed by atoms with Crippen LogP contribution in [0, 0.1) is 0 Å². The normalized spacial score (nSPS) is 17.7. The van der Waals surface area contributed by atoms with Crippen LogP contribution in [0.4, 0.5) is 17.1 Å². The standard InChI is InChI=1S/C56H42N3OP/c1-2-38-16-15-21-45(36-38)61(60)53-27-14-11-24-48(53)54-46-22-9-12-25-51(46)59(52-26-13-10-23-47(52)55(54)61)44-34-32-42(33-35-44)50-37-49(57-56(58-50)43-19-7-4-8-20-43)41-30-28-40(29-31-41)39-17-5-3-6-18-39/h3-36,50H,2,37H2,1H3. The molecule has 3 aliphatic heterocycles. The number of anilines is 3. The van der Waals surface area contributed by atoms with Crippen molar-refractivity contribution in [1.82, 2.24) is 0 Å². The van der Waals surface area contributed by atoms with Gasteiger partial charge < -0.3 is 9.46 Å². The van der Waals surface area contributed by atoms with Crippen LogP contribution in [0.3, 0.4) is 0 Å². The average Bonchev–Trinajstić information content (AvgIpc) is 3.53. The van der Waals surface area contributed by atoms with Gasteiger partial charge in [0.2, 0.25) is 0 Å². The van der Waals surface area contributed by atoms with Gasteiger partial charge >= 0.3 is 0 Å². The van der Waals surface area contributed by atoms with Gasteiger partial charge in [-0.3, -0.25) is 4.99 Å². The van der Waals surface area contributed by atoms with Crippen molar-refractivity contribution in [2.24, 2.45) is 9.98 Å². The van der Waals surface area contributed by atoms with Crippen molar-refractivity contribution < 1.29 is 4.57 Å². The van der Waals surface area contributed by atoms with Crippen molar-refractivity contribution in [3.05, 3.63) is 245 Å². The Kier molecular flexibility index (Phi) is 9.17. The predicted molar refractivity (Wildman–Crippen MR) is 255 cm³/mol. The van der Waals surface area contributed by atoms with Crippen LogP contribution in [0.2, 0.25) is 0 Å². The highest BCUT2D eigenvalue weighted by molar-refractivity contribution is 7.88. The Balaban J connectivity index is 1.01. The van der Waals surface area contributed by atoms with Gasteiger partial charge in [-0.25, -0.2) is 4.99 Å². The summed E-state index contributed by atoms with van der Waals surface area (Å²) in [6, 6.07) is 72.1. The average molecular weight is 804 g/mol. The van der Waals surface area contributed by atoms with E-state index < -0.39 is 7.14 Å². The van der Waals surface area contributed by atoms with Crippen molar-refractivity contribution >= 4 is 57.2 Å². The number of para-hydroxylation sites is 2. The Morgan fingerprint density at radius 2 is 1.15 bits per heavy atom. The molecule has 3 heterocycles. The lowest BCUT2D eigenvalue weighted by atomic mass is 9.94. The van der Waals surface area contributed by atoms with Crippen molar-refractivity contribution in [2.45, 2.75) is 25.8 Å². The Morgan fingerprint density at radius 1 is 0.557 bits per heavy atom.